The zero-order valence-electron chi connectivity index (χ0n) is 11.8. The van der Waals surface area contributed by atoms with Gasteiger partial charge in [0.15, 0.2) is 5.82 Å². The molecule has 0 atom stereocenters. The molecule has 0 bridgehead atoms. The topological polar surface area (TPSA) is 71.8 Å². The summed E-state index contributed by atoms with van der Waals surface area (Å²) in [7, 11) is 1.86. The van der Waals surface area contributed by atoms with Gasteiger partial charge in [0.05, 0.1) is 0 Å². The summed E-state index contributed by atoms with van der Waals surface area (Å²) in [6.07, 6.45) is 2.51. The van der Waals surface area contributed by atoms with Crippen molar-refractivity contribution in [2.45, 2.75) is 19.9 Å². The standard InChI is InChI=1S/C14H19N5O/c1-11(20)17-13-5-3-12(4-6-13)9-15-8-7-14-16-10-19(2)18-14/h3-6,10,15H,7-9H2,1-2H3,(H,17,20). The Morgan fingerprint density at radius 1 is 1.30 bits per heavy atom. The van der Waals surface area contributed by atoms with Crippen LogP contribution in [0.25, 0.3) is 0 Å². The highest BCUT2D eigenvalue weighted by molar-refractivity contribution is 5.88. The molecule has 0 saturated heterocycles. The maximum Gasteiger partial charge on any atom is 0.221 e. The number of carbonyl (C=O) groups excluding carboxylic acids is 1. The summed E-state index contributed by atoms with van der Waals surface area (Å²) in [6.45, 7) is 3.12. The molecule has 0 aliphatic rings. The Balaban J connectivity index is 1.72. The normalized spacial score (nSPS) is 10.5. The highest BCUT2D eigenvalue weighted by Gasteiger charge is 1.99. The lowest BCUT2D eigenvalue weighted by molar-refractivity contribution is -0.114. The number of aryl methyl sites for hydroxylation is 1. The molecule has 0 aliphatic heterocycles. The molecule has 1 heterocycles. The van der Waals surface area contributed by atoms with Gasteiger partial charge < -0.3 is 10.6 Å². The molecule has 2 aromatic rings. The molecule has 6 heteroatoms. The fourth-order valence-corrected chi connectivity index (χ4v) is 1.84. The van der Waals surface area contributed by atoms with Crippen LogP contribution in [0, 0.1) is 0 Å². The summed E-state index contributed by atoms with van der Waals surface area (Å²) in [6, 6.07) is 7.80. The Hall–Kier alpha value is -2.21. The fourth-order valence-electron chi connectivity index (χ4n) is 1.84. The lowest BCUT2D eigenvalue weighted by Gasteiger charge is -2.06. The van der Waals surface area contributed by atoms with Gasteiger partial charge in [0.1, 0.15) is 6.33 Å². The van der Waals surface area contributed by atoms with E-state index in [1.807, 2.05) is 31.3 Å². The van der Waals surface area contributed by atoms with Crippen LogP contribution in [0.3, 0.4) is 0 Å². The molecule has 6 nitrogen and oxygen atoms in total. The molecule has 0 fully saturated rings. The Morgan fingerprint density at radius 3 is 2.65 bits per heavy atom. The number of anilines is 1. The van der Waals surface area contributed by atoms with Gasteiger partial charge in [0.2, 0.25) is 5.91 Å². The first kappa shape index (κ1) is 14.2. The molecular weight excluding hydrogens is 254 g/mol. The Bertz CT molecular complexity index is 561. The van der Waals surface area contributed by atoms with E-state index >= 15 is 0 Å². The molecule has 0 aliphatic carbocycles. The molecule has 0 radical (unpaired) electrons. The highest BCUT2D eigenvalue weighted by atomic mass is 16.1. The lowest BCUT2D eigenvalue weighted by Crippen LogP contribution is -2.17. The summed E-state index contributed by atoms with van der Waals surface area (Å²) in [5.74, 6) is 0.791. The quantitative estimate of drug-likeness (QED) is 0.773. The first-order valence-electron chi connectivity index (χ1n) is 6.55. The van der Waals surface area contributed by atoms with E-state index in [9.17, 15) is 4.79 Å². The number of aromatic nitrogens is 3. The third kappa shape index (κ3) is 4.47. The smallest absolute Gasteiger partial charge is 0.221 e. The van der Waals surface area contributed by atoms with Gasteiger partial charge >= 0.3 is 0 Å². The molecule has 0 saturated carbocycles. The minimum Gasteiger partial charge on any atom is -0.326 e. The van der Waals surface area contributed by atoms with E-state index in [1.165, 1.54) is 12.5 Å². The van der Waals surface area contributed by atoms with Crippen molar-refractivity contribution in [3.8, 4) is 0 Å². The maximum atomic E-state index is 10.9. The number of amides is 1. The summed E-state index contributed by atoms with van der Waals surface area (Å²) in [5, 5.41) is 10.3. The molecule has 106 valence electrons. The van der Waals surface area contributed by atoms with E-state index in [2.05, 4.69) is 20.7 Å². The Labute approximate surface area is 118 Å². The summed E-state index contributed by atoms with van der Waals surface area (Å²) in [5.41, 5.74) is 1.99. The van der Waals surface area contributed by atoms with Crippen LogP contribution in [-0.2, 0) is 24.8 Å². The molecule has 0 unspecified atom stereocenters. The second-order valence-corrected chi connectivity index (χ2v) is 4.64. The highest BCUT2D eigenvalue weighted by Crippen LogP contribution is 2.09. The maximum absolute atomic E-state index is 10.9. The van der Waals surface area contributed by atoms with Gasteiger partial charge in [-0.15, -0.1) is 0 Å². The number of carbonyl (C=O) groups is 1. The molecule has 2 rings (SSSR count). The Kier molecular flexibility index (Phi) is 4.84. The van der Waals surface area contributed by atoms with E-state index in [4.69, 9.17) is 0 Å². The molecule has 20 heavy (non-hydrogen) atoms. The van der Waals surface area contributed by atoms with Crippen LogP contribution in [0.1, 0.15) is 18.3 Å². The van der Waals surface area contributed by atoms with Crippen molar-refractivity contribution < 1.29 is 4.79 Å². The summed E-state index contributed by atoms with van der Waals surface area (Å²) >= 11 is 0. The predicted molar refractivity (Wildman–Crippen MR) is 77.2 cm³/mol. The molecule has 1 aromatic heterocycles. The van der Waals surface area contributed by atoms with E-state index in [0.29, 0.717) is 0 Å². The van der Waals surface area contributed by atoms with Crippen molar-refractivity contribution in [2.75, 3.05) is 11.9 Å². The SMILES string of the molecule is CC(=O)Nc1ccc(CNCCc2ncn(C)n2)cc1. The van der Waals surface area contributed by atoms with Crippen LogP contribution in [0.5, 0.6) is 0 Å². The number of nitrogens with zero attached hydrogens (tertiary/aromatic N) is 3. The first-order chi connectivity index (χ1) is 9.63. The largest absolute Gasteiger partial charge is 0.326 e. The zero-order valence-corrected chi connectivity index (χ0v) is 11.8. The number of hydrogen-bond acceptors (Lipinski definition) is 4. The molecule has 1 aromatic carbocycles. The van der Waals surface area contributed by atoms with Crippen LogP contribution < -0.4 is 10.6 Å². The van der Waals surface area contributed by atoms with E-state index in [0.717, 1.165) is 31.0 Å². The van der Waals surface area contributed by atoms with Gasteiger partial charge in [-0.2, -0.15) is 5.10 Å². The minimum absolute atomic E-state index is 0.0567. The average molecular weight is 273 g/mol. The van der Waals surface area contributed by atoms with E-state index in [1.54, 1.807) is 11.0 Å². The number of benzene rings is 1. The van der Waals surface area contributed by atoms with Gasteiger partial charge in [0, 0.05) is 39.2 Å². The van der Waals surface area contributed by atoms with Gasteiger partial charge in [-0.05, 0) is 17.7 Å². The third-order valence-electron chi connectivity index (χ3n) is 2.78. The zero-order chi connectivity index (χ0) is 14.4. The van der Waals surface area contributed by atoms with Crippen molar-refractivity contribution in [3.63, 3.8) is 0 Å². The van der Waals surface area contributed by atoms with Crippen molar-refractivity contribution in [2.24, 2.45) is 7.05 Å². The number of rotatable bonds is 6. The van der Waals surface area contributed by atoms with Gasteiger partial charge in [-0.25, -0.2) is 4.98 Å². The molecule has 2 N–H and O–H groups in total. The van der Waals surface area contributed by atoms with Crippen LogP contribution in [-0.4, -0.2) is 27.2 Å². The number of nitrogens with one attached hydrogen (secondary N) is 2. The molecule has 0 spiro atoms. The van der Waals surface area contributed by atoms with Crippen molar-refractivity contribution in [3.05, 3.63) is 42.0 Å². The van der Waals surface area contributed by atoms with Gasteiger partial charge in [0.25, 0.3) is 0 Å². The fraction of sp³-hybridized carbons (Fsp3) is 0.357. The van der Waals surface area contributed by atoms with Gasteiger partial charge in [-0.1, -0.05) is 12.1 Å². The number of hydrogen-bond donors (Lipinski definition) is 2. The molecule has 1 amide bonds. The lowest BCUT2D eigenvalue weighted by atomic mass is 10.2. The van der Waals surface area contributed by atoms with Crippen LogP contribution in [0.4, 0.5) is 5.69 Å². The van der Waals surface area contributed by atoms with Crippen LogP contribution in [0.15, 0.2) is 30.6 Å². The summed E-state index contributed by atoms with van der Waals surface area (Å²) < 4.78 is 1.70. The van der Waals surface area contributed by atoms with E-state index < -0.39 is 0 Å². The monoisotopic (exact) mass is 273 g/mol. The van der Waals surface area contributed by atoms with E-state index in [-0.39, 0.29) is 5.91 Å². The van der Waals surface area contributed by atoms with Crippen molar-refractivity contribution in [1.82, 2.24) is 20.1 Å². The second-order valence-electron chi connectivity index (χ2n) is 4.64. The van der Waals surface area contributed by atoms with Crippen LogP contribution >= 0.6 is 0 Å². The summed E-state index contributed by atoms with van der Waals surface area (Å²) in [4.78, 5) is 15.1. The predicted octanol–water partition coefficient (Wildman–Crippen LogP) is 1.11. The van der Waals surface area contributed by atoms with Crippen molar-refractivity contribution in [1.29, 1.82) is 0 Å². The third-order valence-corrected chi connectivity index (χ3v) is 2.78. The average Bonchev–Trinajstić information content (AvgIpc) is 2.82. The first-order valence-corrected chi connectivity index (χ1v) is 6.55. The molecular formula is C14H19N5O. The Morgan fingerprint density at radius 2 is 2.05 bits per heavy atom. The van der Waals surface area contributed by atoms with Gasteiger partial charge in [-0.3, -0.25) is 9.48 Å². The minimum atomic E-state index is -0.0567. The second kappa shape index (κ2) is 6.81. The van der Waals surface area contributed by atoms with Crippen LogP contribution in [0.2, 0.25) is 0 Å². The van der Waals surface area contributed by atoms with Crippen molar-refractivity contribution >= 4 is 11.6 Å².